The molecular weight excluding hydrogens is 314 g/mol. The highest BCUT2D eigenvalue weighted by molar-refractivity contribution is 5.81. The number of nitrogens with zero attached hydrogens (tertiary/aromatic N) is 1. The van der Waals surface area contributed by atoms with Crippen LogP contribution >= 0.6 is 0 Å². The summed E-state index contributed by atoms with van der Waals surface area (Å²) in [5.41, 5.74) is 2.51. The molecule has 0 radical (unpaired) electrons. The molecule has 0 amide bonds. The van der Waals surface area contributed by atoms with E-state index in [1.807, 2.05) is 18.2 Å². The minimum absolute atomic E-state index is 0.316. The molecule has 0 saturated heterocycles. The molecule has 3 rings (SSSR count). The summed E-state index contributed by atoms with van der Waals surface area (Å²) in [6, 6.07) is 17.5. The third-order valence-corrected chi connectivity index (χ3v) is 4.22. The predicted molar refractivity (Wildman–Crippen MR) is 99.9 cm³/mol. The first-order chi connectivity index (χ1) is 12.2. The van der Waals surface area contributed by atoms with Crippen LogP contribution in [-0.4, -0.2) is 18.6 Å². The molecular formula is C21H23NO3. The Hall–Kier alpha value is -2.59. The Morgan fingerprint density at radius 3 is 2.56 bits per heavy atom. The molecule has 0 unspecified atom stereocenters. The van der Waals surface area contributed by atoms with Crippen molar-refractivity contribution in [2.75, 3.05) is 13.7 Å². The number of fused-ring (bicyclic) bond motifs is 1. The van der Waals surface area contributed by atoms with E-state index in [1.54, 1.807) is 19.2 Å². The molecule has 130 valence electrons. The number of hydrogen-bond donors (Lipinski definition) is 0. The van der Waals surface area contributed by atoms with E-state index in [9.17, 15) is 4.79 Å². The minimum Gasteiger partial charge on any atom is -0.497 e. The van der Waals surface area contributed by atoms with Crippen molar-refractivity contribution in [3.8, 4) is 5.75 Å². The first-order valence-corrected chi connectivity index (χ1v) is 8.56. The van der Waals surface area contributed by atoms with Gasteiger partial charge in [0.15, 0.2) is 0 Å². The molecule has 4 nitrogen and oxygen atoms in total. The summed E-state index contributed by atoms with van der Waals surface area (Å²) < 4.78 is 10.7. The third kappa shape index (κ3) is 4.28. The van der Waals surface area contributed by atoms with Gasteiger partial charge in [-0.1, -0.05) is 37.3 Å². The molecule has 1 heterocycles. The smallest absolute Gasteiger partial charge is 0.336 e. The second kappa shape index (κ2) is 7.99. The van der Waals surface area contributed by atoms with E-state index in [1.165, 1.54) is 5.56 Å². The Morgan fingerprint density at radius 1 is 1.04 bits per heavy atom. The lowest BCUT2D eigenvalue weighted by atomic mass is 10.1. The number of ether oxygens (including phenoxy) is 1. The topological polar surface area (TPSA) is 42.7 Å². The standard InChI is InChI=1S/C21H23NO3/c1-3-11-22(14-16-7-5-4-6-8-16)15-17-12-21(23)25-20-10-9-18(24-2)13-19(17)20/h4-10,12-13H,3,11,14-15H2,1-2H3. The molecule has 4 heteroatoms. The van der Waals surface area contributed by atoms with Crippen LogP contribution < -0.4 is 10.4 Å². The van der Waals surface area contributed by atoms with E-state index < -0.39 is 0 Å². The molecule has 0 atom stereocenters. The predicted octanol–water partition coefficient (Wildman–Crippen LogP) is 4.21. The van der Waals surface area contributed by atoms with E-state index in [4.69, 9.17) is 9.15 Å². The van der Waals surface area contributed by atoms with Gasteiger partial charge in [-0.15, -0.1) is 0 Å². The molecule has 0 aliphatic rings. The normalized spacial score (nSPS) is 11.2. The van der Waals surface area contributed by atoms with Gasteiger partial charge < -0.3 is 9.15 Å². The van der Waals surface area contributed by atoms with Gasteiger partial charge in [-0.25, -0.2) is 4.79 Å². The minimum atomic E-state index is -0.316. The average molecular weight is 337 g/mol. The Kier molecular flexibility index (Phi) is 5.51. The van der Waals surface area contributed by atoms with E-state index in [0.717, 1.165) is 36.2 Å². The van der Waals surface area contributed by atoms with Gasteiger partial charge >= 0.3 is 5.63 Å². The Balaban J connectivity index is 1.94. The van der Waals surface area contributed by atoms with Crippen LogP contribution in [-0.2, 0) is 13.1 Å². The molecule has 0 fully saturated rings. The number of rotatable bonds is 7. The van der Waals surface area contributed by atoms with Crippen LogP contribution in [0.5, 0.6) is 5.75 Å². The molecule has 0 spiro atoms. The molecule has 0 saturated carbocycles. The summed E-state index contributed by atoms with van der Waals surface area (Å²) in [6.07, 6.45) is 1.05. The highest BCUT2D eigenvalue weighted by atomic mass is 16.5. The van der Waals surface area contributed by atoms with Gasteiger partial charge in [-0.2, -0.15) is 0 Å². The fourth-order valence-electron chi connectivity index (χ4n) is 3.08. The maximum absolute atomic E-state index is 11.9. The van der Waals surface area contributed by atoms with Crippen molar-refractivity contribution in [2.45, 2.75) is 26.4 Å². The van der Waals surface area contributed by atoms with Gasteiger partial charge in [-0.05, 0) is 42.3 Å². The maximum Gasteiger partial charge on any atom is 0.336 e. The van der Waals surface area contributed by atoms with Crippen molar-refractivity contribution in [1.29, 1.82) is 0 Å². The Bertz CT molecular complexity index is 887. The van der Waals surface area contributed by atoms with Gasteiger partial charge in [0.2, 0.25) is 0 Å². The van der Waals surface area contributed by atoms with E-state index in [0.29, 0.717) is 12.1 Å². The summed E-state index contributed by atoms with van der Waals surface area (Å²) >= 11 is 0. The van der Waals surface area contributed by atoms with Gasteiger partial charge in [0.1, 0.15) is 11.3 Å². The lowest BCUT2D eigenvalue weighted by molar-refractivity contribution is 0.257. The Morgan fingerprint density at radius 2 is 1.84 bits per heavy atom. The SMILES string of the molecule is CCCN(Cc1ccccc1)Cc1cc(=O)oc2ccc(OC)cc12. The van der Waals surface area contributed by atoms with Gasteiger partial charge in [0.05, 0.1) is 7.11 Å². The molecule has 25 heavy (non-hydrogen) atoms. The number of methoxy groups -OCH3 is 1. The van der Waals surface area contributed by atoms with Crippen molar-refractivity contribution in [3.05, 3.63) is 76.1 Å². The van der Waals surface area contributed by atoms with E-state index in [-0.39, 0.29) is 5.63 Å². The second-order valence-electron chi connectivity index (χ2n) is 6.15. The zero-order chi connectivity index (χ0) is 17.6. The molecule has 2 aromatic carbocycles. The van der Waals surface area contributed by atoms with Crippen molar-refractivity contribution >= 4 is 11.0 Å². The van der Waals surface area contributed by atoms with Crippen molar-refractivity contribution < 1.29 is 9.15 Å². The zero-order valence-corrected chi connectivity index (χ0v) is 14.7. The van der Waals surface area contributed by atoms with Crippen molar-refractivity contribution in [1.82, 2.24) is 4.90 Å². The molecule has 0 N–H and O–H groups in total. The largest absolute Gasteiger partial charge is 0.497 e. The van der Waals surface area contributed by atoms with Crippen LogP contribution in [0.3, 0.4) is 0 Å². The van der Waals surface area contributed by atoms with E-state index in [2.05, 4.69) is 36.1 Å². The summed E-state index contributed by atoms with van der Waals surface area (Å²) in [5.74, 6) is 0.757. The molecule has 0 bridgehead atoms. The summed E-state index contributed by atoms with van der Waals surface area (Å²) in [6.45, 7) is 4.66. The Labute approximate surface area is 147 Å². The van der Waals surface area contributed by atoms with Gasteiger partial charge in [-0.3, -0.25) is 4.90 Å². The number of hydrogen-bond acceptors (Lipinski definition) is 4. The van der Waals surface area contributed by atoms with Crippen molar-refractivity contribution in [3.63, 3.8) is 0 Å². The number of benzene rings is 2. The summed E-state index contributed by atoms with van der Waals surface area (Å²) in [7, 11) is 1.64. The van der Waals surface area contributed by atoms with Crippen LogP contribution in [0.15, 0.2) is 63.8 Å². The van der Waals surface area contributed by atoms with Crippen LogP contribution in [0.1, 0.15) is 24.5 Å². The van der Waals surface area contributed by atoms with E-state index >= 15 is 0 Å². The monoisotopic (exact) mass is 337 g/mol. The lowest BCUT2D eigenvalue weighted by Gasteiger charge is -2.22. The molecule has 0 aliphatic heterocycles. The highest BCUT2D eigenvalue weighted by Gasteiger charge is 2.12. The molecule has 1 aromatic heterocycles. The van der Waals surface area contributed by atoms with Crippen LogP contribution in [0.2, 0.25) is 0 Å². The fraction of sp³-hybridized carbons (Fsp3) is 0.286. The summed E-state index contributed by atoms with van der Waals surface area (Å²) in [4.78, 5) is 14.3. The van der Waals surface area contributed by atoms with Gasteiger partial charge in [0, 0.05) is 24.5 Å². The van der Waals surface area contributed by atoms with Gasteiger partial charge in [0.25, 0.3) is 0 Å². The van der Waals surface area contributed by atoms with Crippen LogP contribution in [0.4, 0.5) is 0 Å². The second-order valence-corrected chi connectivity index (χ2v) is 6.15. The zero-order valence-electron chi connectivity index (χ0n) is 14.7. The fourth-order valence-corrected chi connectivity index (χ4v) is 3.08. The molecule has 0 aliphatic carbocycles. The maximum atomic E-state index is 11.9. The third-order valence-electron chi connectivity index (χ3n) is 4.22. The first kappa shape index (κ1) is 17.2. The first-order valence-electron chi connectivity index (χ1n) is 8.56. The highest BCUT2D eigenvalue weighted by Crippen LogP contribution is 2.24. The summed E-state index contributed by atoms with van der Waals surface area (Å²) in [5, 5.41) is 0.924. The van der Waals surface area contributed by atoms with Crippen LogP contribution in [0, 0.1) is 0 Å². The van der Waals surface area contributed by atoms with Crippen molar-refractivity contribution in [2.24, 2.45) is 0 Å². The van der Waals surface area contributed by atoms with Crippen LogP contribution in [0.25, 0.3) is 11.0 Å². The molecule has 3 aromatic rings. The quantitative estimate of drug-likeness (QED) is 0.606. The average Bonchev–Trinajstić information content (AvgIpc) is 2.62. The lowest BCUT2D eigenvalue weighted by Crippen LogP contribution is -2.24.